The van der Waals surface area contributed by atoms with E-state index in [4.69, 9.17) is 4.42 Å². The molecular weight excluding hydrogens is 410 g/mol. The molecule has 7 heteroatoms. The van der Waals surface area contributed by atoms with Crippen LogP contribution in [0, 0.1) is 6.92 Å². The van der Waals surface area contributed by atoms with Crippen molar-refractivity contribution in [1.29, 1.82) is 0 Å². The van der Waals surface area contributed by atoms with Gasteiger partial charge in [0.25, 0.3) is 5.91 Å². The quantitative estimate of drug-likeness (QED) is 0.596. The van der Waals surface area contributed by atoms with Gasteiger partial charge in [-0.1, -0.05) is 26.2 Å². The molecular formula is C24H35N3O3S. The number of carbonyl (C=O) groups excluding carboxylic acids is 2. The molecule has 1 unspecified atom stereocenters. The van der Waals surface area contributed by atoms with Crippen LogP contribution in [0.4, 0.5) is 0 Å². The number of furan rings is 1. The summed E-state index contributed by atoms with van der Waals surface area (Å²) in [5, 5.41) is 3.29. The number of amides is 2. The molecule has 0 saturated heterocycles. The fourth-order valence-electron chi connectivity index (χ4n) is 4.97. The summed E-state index contributed by atoms with van der Waals surface area (Å²) in [6, 6.07) is 4.02. The van der Waals surface area contributed by atoms with Gasteiger partial charge in [0.15, 0.2) is 5.58 Å². The van der Waals surface area contributed by atoms with Crippen molar-refractivity contribution in [2.24, 2.45) is 0 Å². The number of thioether (sulfide) groups is 1. The predicted octanol–water partition coefficient (Wildman–Crippen LogP) is 4.74. The molecule has 6 nitrogen and oxygen atoms in total. The van der Waals surface area contributed by atoms with Gasteiger partial charge in [-0.25, -0.2) is 0 Å². The topological polar surface area (TPSA) is 67.5 Å². The van der Waals surface area contributed by atoms with Gasteiger partial charge in [-0.15, -0.1) is 0 Å². The van der Waals surface area contributed by atoms with E-state index in [9.17, 15) is 9.59 Å². The maximum absolute atomic E-state index is 13.6. The highest BCUT2D eigenvalue weighted by atomic mass is 32.2. The molecule has 2 aromatic rings. The normalized spacial score (nSPS) is 22.2. The van der Waals surface area contributed by atoms with Gasteiger partial charge in [-0.3, -0.25) is 9.59 Å². The number of rotatable bonds is 8. The summed E-state index contributed by atoms with van der Waals surface area (Å²) < 4.78 is 7.77. The van der Waals surface area contributed by atoms with Crippen LogP contribution in [0.15, 0.2) is 16.5 Å². The van der Waals surface area contributed by atoms with E-state index in [0.717, 1.165) is 66.9 Å². The smallest absolute Gasteiger partial charge is 0.271 e. The van der Waals surface area contributed by atoms with Crippen LogP contribution in [0.1, 0.15) is 75.0 Å². The highest BCUT2D eigenvalue weighted by Crippen LogP contribution is 2.34. The zero-order valence-electron chi connectivity index (χ0n) is 19.0. The lowest BCUT2D eigenvalue weighted by Gasteiger charge is -2.44. The lowest BCUT2D eigenvalue weighted by atomic mass is 9.91. The Hall–Kier alpha value is -1.89. The monoisotopic (exact) mass is 445 g/mol. The van der Waals surface area contributed by atoms with Gasteiger partial charge in [-0.05, 0) is 51.0 Å². The van der Waals surface area contributed by atoms with Crippen LogP contribution in [0.5, 0.6) is 0 Å². The lowest BCUT2D eigenvalue weighted by Crippen LogP contribution is -2.65. The van der Waals surface area contributed by atoms with Crippen LogP contribution >= 0.6 is 11.8 Å². The number of nitrogens with zero attached hydrogens (tertiary/aromatic N) is 2. The number of hydrogen-bond acceptors (Lipinski definition) is 4. The van der Waals surface area contributed by atoms with Gasteiger partial charge in [0, 0.05) is 24.7 Å². The number of aryl methyl sites for hydroxylation is 1. The fraction of sp³-hybridized carbons (Fsp3) is 0.667. The fourth-order valence-corrected chi connectivity index (χ4v) is 5.80. The molecule has 1 atom stereocenters. The SMILES string of the molecule is CCCSCCCN1C(=O)c2cc3oc(C)cc3n2CC1(C)C(=O)NC1CCCCC1. The van der Waals surface area contributed by atoms with Crippen LogP contribution in [0.25, 0.3) is 11.1 Å². The predicted molar refractivity (Wildman–Crippen MR) is 126 cm³/mol. The third-order valence-corrected chi connectivity index (χ3v) is 7.96. The molecule has 2 amide bonds. The van der Waals surface area contributed by atoms with E-state index in [0.29, 0.717) is 18.8 Å². The zero-order chi connectivity index (χ0) is 22.0. The van der Waals surface area contributed by atoms with Gasteiger partial charge in [0.2, 0.25) is 5.91 Å². The minimum atomic E-state index is -0.909. The second-order valence-corrected chi connectivity index (χ2v) is 10.5. The van der Waals surface area contributed by atoms with Gasteiger partial charge < -0.3 is 19.2 Å². The Morgan fingerprint density at radius 2 is 2.03 bits per heavy atom. The summed E-state index contributed by atoms with van der Waals surface area (Å²) in [5.41, 5.74) is 1.33. The van der Waals surface area contributed by atoms with Crippen molar-refractivity contribution in [2.75, 3.05) is 18.1 Å². The first-order valence-electron chi connectivity index (χ1n) is 11.7. The van der Waals surface area contributed by atoms with Crippen molar-refractivity contribution >= 4 is 34.7 Å². The van der Waals surface area contributed by atoms with Gasteiger partial charge in [-0.2, -0.15) is 11.8 Å². The molecule has 0 bridgehead atoms. The van der Waals surface area contributed by atoms with Crippen LogP contribution in [0.3, 0.4) is 0 Å². The van der Waals surface area contributed by atoms with E-state index in [-0.39, 0.29) is 17.9 Å². The molecule has 31 heavy (non-hydrogen) atoms. The first-order valence-corrected chi connectivity index (χ1v) is 12.9. The Labute approximate surface area is 189 Å². The second kappa shape index (κ2) is 9.31. The Balaban J connectivity index is 1.61. The van der Waals surface area contributed by atoms with Crippen molar-refractivity contribution in [3.8, 4) is 0 Å². The first kappa shape index (κ1) is 22.3. The molecule has 1 aliphatic carbocycles. The van der Waals surface area contributed by atoms with Crippen LogP contribution in [-0.2, 0) is 11.3 Å². The van der Waals surface area contributed by atoms with E-state index in [1.165, 1.54) is 6.42 Å². The molecule has 0 spiro atoms. The van der Waals surface area contributed by atoms with Crippen molar-refractivity contribution in [2.45, 2.75) is 83.8 Å². The maximum Gasteiger partial charge on any atom is 0.271 e. The molecule has 3 heterocycles. The van der Waals surface area contributed by atoms with Gasteiger partial charge in [0.05, 0.1) is 12.1 Å². The molecule has 4 rings (SSSR count). The molecule has 0 radical (unpaired) electrons. The highest BCUT2D eigenvalue weighted by molar-refractivity contribution is 7.99. The summed E-state index contributed by atoms with van der Waals surface area (Å²) >= 11 is 1.91. The van der Waals surface area contributed by atoms with Crippen LogP contribution < -0.4 is 5.32 Å². The number of aromatic nitrogens is 1. The number of nitrogens with one attached hydrogen (secondary N) is 1. The number of hydrogen-bond donors (Lipinski definition) is 1. The summed E-state index contributed by atoms with van der Waals surface area (Å²) in [5.74, 6) is 2.85. The first-order chi connectivity index (χ1) is 14.9. The molecule has 1 fully saturated rings. The van der Waals surface area contributed by atoms with E-state index in [1.54, 1.807) is 0 Å². The molecule has 170 valence electrons. The number of fused-ring (bicyclic) bond motifs is 3. The Bertz CT molecular complexity index is 943. The Morgan fingerprint density at radius 3 is 2.77 bits per heavy atom. The van der Waals surface area contributed by atoms with Gasteiger partial charge >= 0.3 is 0 Å². The largest absolute Gasteiger partial charge is 0.460 e. The number of carbonyl (C=O) groups is 2. The van der Waals surface area contributed by atoms with Crippen molar-refractivity contribution in [1.82, 2.24) is 14.8 Å². The summed E-state index contributed by atoms with van der Waals surface area (Å²) in [6.45, 7) is 7.07. The molecule has 2 aromatic heterocycles. The van der Waals surface area contributed by atoms with E-state index < -0.39 is 5.54 Å². The Morgan fingerprint density at radius 1 is 1.26 bits per heavy atom. The summed E-state index contributed by atoms with van der Waals surface area (Å²) in [4.78, 5) is 29.0. The summed E-state index contributed by atoms with van der Waals surface area (Å²) in [6.07, 6.45) is 7.67. The molecule has 1 N–H and O–H groups in total. The van der Waals surface area contributed by atoms with E-state index in [2.05, 4.69) is 12.2 Å². The van der Waals surface area contributed by atoms with E-state index >= 15 is 0 Å². The minimum absolute atomic E-state index is 0.0262. The second-order valence-electron chi connectivity index (χ2n) is 9.23. The molecule has 2 aliphatic rings. The van der Waals surface area contributed by atoms with Crippen molar-refractivity contribution < 1.29 is 14.0 Å². The summed E-state index contributed by atoms with van der Waals surface area (Å²) in [7, 11) is 0. The average molecular weight is 446 g/mol. The molecule has 0 aromatic carbocycles. The maximum atomic E-state index is 13.6. The molecule has 1 saturated carbocycles. The van der Waals surface area contributed by atoms with E-state index in [1.807, 2.05) is 47.2 Å². The zero-order valence-corrected chi connectivity index (χ0v) is 19.9. The van der Waals surface area contributed by atoms with Gasteiger partial charge in [0.1, 0.15) is 17.0 Å². The standard InChI is InChI=1S/C24H35N3O3S/c1-4-12-31-13-8-11-27-22(28)20-15-21-19(14-17(2)30-21)26(20)16-24(27,3)23(29)25-18-9-6-5-7-10-18/h14-15,18H,4-13,16H2,1-3H3,(H,25,29). The third-order valence-electron chi connectivity index (χ3n) is 6.69. The van der Waals surface area contributed by atoms with Crippen molar-refractivity contribution in [3.05, 3.63) is 23.6 Å². The van der Waals surface area contributed by atoms with Crippen molar-refractivity contribution in [3.63, 3.8) is 0 Å². The van der Waals surface area contributed by atoms with Crippen LogP contribution in [0.2, 0.25) is 0 Å². The lowest BCUT2D eigenvalue weighted by molar-refractivity contribution is -0.133. The minimum Gasteiger partial charge on any atom is -0.460 e. The van der Waals surface area contributed by atoms with Crippen LogP contribution in [-0.4, -0.2) is 50.9 Å². The molecule has 1 aliphatic heterocycles. The average Bonchev–Trinajstić information content (AvgIpc) is 3.27. The third kappa shape index (κ3) is 4.38. The highest BCUT2D eigenvalue weighted by Gasteiger charge is 2.48. The Kier molecular flexibility index (Phi) is 6.70.